The van der Waals surface area contributed by atoms with Gasteiger partial charge in [-0.15, -0.1) is 0 Å². The van der Waals surface area contributed by atoms with Gasteiger partial charge in [0.15, 0.2) is 0 Å². The zero-order valence-corrected chi connectivity index (χ0v) is 10.6. The van der Waals surface area contributed by atoms with E-state index >= 15 is 0 Å². The van der Waals surface area contributed by atoms with Crippen molar-refractivity contribution in [2.45, 2.75) is 31.7 Å². The Morgan fingerprint density at radius 1 is 1.50 bits per heavy atom. The third-order valence-electron chi connectivity index (χ3n) is 3.49. The molecule has 1 aliphatic carbocycles. The van der Waals surface area contributed by atoms with Gasteiger partial charge in [-0.05, 0) is 43.4 Å². The molecule has 0 heterocycles. The van der Waals surface area contributed by atoms with Gasteiger partial charge in [-0.25, -0.2) is 0 Å². The van der Waals surface area contributed by atoms with Gasteiger partial charge in [0.2, 0.25) is 0 Å². The number of ether oxygens (including phenoxy) is 1. The molecule has 0 saturated heterocycles. The minimum Gasteiger partial charge on any atom is -0.496 e. The van der Waals surface area contributed by atoms with Crippen LogP contribution in [0.1, 0.15) is 31.7 Å². The fraction of sp³-hybridized carbons (Fsp3) is 0.538. The molecule has 0 amide bonds. The van der Waals surface area contributed by atoms with E-state index < -0.39 is 0 Å². The molecule has 0 aromatic heterocycles. The molecule has 2 rings (SSSR count). The molecule has 1 saturated carbocycles. The van der Waals surface area contributed by atoms with E-state index in [-0.39, 0.29) is 5.54 Å². The van der Waals surface area contributed by atoms with Crippen molar-refractivity contribution in [3.63, 3.8) is 0 Å². The highest BCUT2D eigenvalue weighted by Gasteiger charge is 2.37. The first-order valence-corrected chi connectivity index (χ1v) is 6.06. The Morgan fingerprint density at radius 2 is 2.25 bits per heavy atom. The number of halogens is 1. The normalized spacial score (nSPS) is 29.4. The van der Waals surface area contributed by atoms with Crippen LogP contribution in [0.25, 0.3) is 0 Å². The lowest BCUT2D eigenvalue weighted by Crippen LogP contribution is -2.34. The number of hydrogen-bond donors (Lipinski definition) is 1. The average molecular weight is 240 g/mol. The fourth-order valence-electron chi connectivity index (χ4n) is 2.64. The number of nitrogens with two attached hydrogens (primary N) is 1. The number of methoxy groups -OCH3 is 1. The van der Waals surface area contributed by atoms with Gasteiger partial charge < -0.3 is 10.5 Å². The van der Waals surface area contributed by atoms with Crippen LogP contribution in [0.2, 0.25) is 5.02 Å². The summed E-state index contributed by atoms with van der Waals surface area (Å²) in [7, 11) is 1.68. The molecule has 0 bridgehead atoms. The fourth-order valence-corrected chi connectivity index (χ4v) is 2.82. The summed E-state index contributed by atoms with van der Waals surface area (Å²) in [5.74, 6) is 1.52. The van der Waals surface area contributed by atoms with Crippen molar-refractivity contribution in [3.05, 3.63) is 28.8 Å². The molecule has 0 radical (unpaired) electrons. The maximum Gasteiger partial charge on any atom is 0.124 e. The van der Waals surface area contributed by atoms with E-state index in [2.05, 4.69) is 6.92 Å². The predicted molar refractivity (Wildman–Crippen MR) is 66.9 cm³/mol. The zero-order valence-electron chi connectivity index (χ0n) is 9.79. The van der Waals surface area contributed by atoms with Gasteiger partial charge in [0.25, 0.3) is 0 Å². The molecule has 2 N–H and O–H groups in total. The highest BCUT2D eigenvalue weighted by molar-refractivity contribution is 6.30. The standard InChI is InChI=1S/C13H18ClNO/c1-9-5-6-13(15,8-9)11-7-10(14)3-4-12(11)16-2/h3-4,7,9H,5-6,8,15H2,1-2H3. The quantitative estimate of drug-likeness (QED) is 0.859. The van der Waals surface area contributed by atoms with Gasteiger partial charge in [0, 0.05) is 16.1 Å². The van der Waals surface area contributed by atoms with Gasteiger partial charge >= 0.3 is 0 Å². The maximum absolute atomic E-state index is 6.48. The maximum atomic E-state index is 6.48. The van der Waals surface area contributed by atoms with Crippen molar-refractivity contribution >= 4 is 11.6 Å². The lowest BCUT2D eigenvalue weighted by Gasteiger charge is -2.26. The van der Waals surface area contributed by atoms with E-state index in [9.17, 15) is 0 Å². The van der Waals surface area contributed by atoms with Crippen LogP contribution < -0.4 is 10.5 Å². The van der Waals surface area contributed by atoms with Gasteiger partial charge in [-0.2, -0.15) is 0 Å². The molecular weight excluding hydrogens is 222 g/mol. The first-order valence-electron chi connectivity index (χ1n) is 5.68. The van der Waals surface area contributed by atoms with E-state index in [4.69, 9.17) is 22.1 Å². The molecule has 16 heavy (non-hydrogen) atoms. The highest BCUT2D eigenvalue weighted by Crippen LogP contribution is 2.43. The smallest absolute Gasteiger partial charge is 0.124 e. The van der Waals surface area contributed by atoms with Gasteiger partial charge in [-0.1, -0.05) is 18.5 Å². The lowest BCUT2D eigenvalue weighted by molar-refractivity contribution is 0.374. The van der Waals surface area contributed by atoms with Gasteiger partial charge in [0.05, 0.1) is 7.11 Å². The monoisotopic (exact) mass is 239 g/mol. The zero-order chi connectivity index (χ0) is 11.8. The summed E-state index contributed by atoms with van der Waals surface area (Å²) in [6, 6.07) is 5.68. The molecule has 1 fully saturated rings. The molecule has 0 aliphatic heterocycles. The average Bonchev–Trinajstić information content (AvgIpc) is 2.60. The van der Waals surface area contributed by atoms with Gasteiger partial charge in [-0.3, -0.25) is 0 Å². The van der Waals surface area contributed by atoms with E-state index in [0.717, 1.165) is 29.2 Å². The van der Waals surface area contributed by atoms with Crippen LogP contribution in [0.4, 0.5) is 0 Å². The van der Waals surface area contributed by atoms with Crippen LogP contribution >= 0.6 is 11.6 Å². The van der Waals surface area contributed by atoms with Crippen LogP contribution in [-0.2, 0) is 5.54 Å². The largest absolute Gasteiger partial charge is 0.496 e. The third kappa shape index (κ3) is 2.04. The summed E-state index contributed by atoms with van der Waals surface area (Å²) >= 11 is 6.04. The molecule has 1 aliphatic rings. The molecule has 88 valence electrons. The van der Waals surface area contributed by atoms with Crippen LogP contribution in [0, 0.1) is 5.92 Å². The summed E-state index contributed by atoms with van der Waals surface area (Å²) < 4.78 is 5.37. The third-order valence-corrected chi connectivity index (χ3v) is 3.73. The minimum absolute atomic E-state index is 0.268. The molecule has 2 unspecified atom stereocenters. The van der Waals surface area contributed by atoms with Crippen LogP contribution in [-0.4, -0.2) is 7.11 Å². The number of benzene rings is 1. The van der Waals surface area contributed by atoms with Crippen LogP contribution in [0.3, 0.4) is 0 Å². The first-order chi connectivity index (χ1) is 7.55. The van der Waals surface area contributed by atoms with Crippen molar-refractivity contribution in [1.82, 2.24) is 0 Å². The van der Waals surface area contributed by atoms with Crippen molar-refractivity contribution in [3.8, 4) is 5.75 Å². The SMILES string of the molecule is COc1ccc(Cl)cc1C1(N)CCC(C)C1. The Morgan fingerprint density at radius 3 is 2.81 bits per heavy atom. The Hall–Kier alpha value is -0.730. The van der Waals surface area contributed by atoms with Gasteiger partial charge in [0.1, 0.15) is 5.75 Å². The Bertz CT molecular complexity index is 394. The molecule has 1 aromatic rings. The number of rotatable bonds is 2. The Balaban J connectivity index is 2.42. The van der Waals surface area contributed by atoms with Crippen molar-refractivity contribution in [2.24, 2.45) is 11.7 Å². The minimum atomic E-state index is -0.268. The summed E-state index contributed by atoms with van der Waals surface area (Å²) in [5.41, 5.74) is 7.26. The summed E-state index contributed by atoms with van der Waals surface area (Å²) in [4.78, 5) is 0. The lowest BCUT2D eigenvalue weighted by atomic mass is 9.88. The number of hydrogen-bond acceptors (Lipinski definition) is 2. The second-order valence-corrected chi connectivity index (χ2v) is 5.29. The second kappa shape index (κ2) is 4.27. The van der Waals surface area contributed by atoms with Crippen molar-refractivity contribution in [1.29, 1.82) is 0 Å². The summed E-state index contributed by atoms with van der Waals surface area (Å²) in [6.07, 6.45) is 3.18. The van der Waals surface area contributed by atoms with Crippen molar-refractivity contribution < 1.29 is 4.74 Å². The van der Waals surface area contributed by atoms with Crippen LogP contribution in [0.5, 0.6) is 5.75 Å². The van der Waals surface area contributed by atoms with Crippen LogP contribution in [0.15, 0.2) is 18.2 Å². The van der Waals surface area contributed by atoms with E-state index in [1.807, 2.05) is 18.2 Å². The summed E-state index contributed by atoms with van der Waals surface area (Å²) in [6.45, 7) is 2.24. The van der Waals surface area contributed by atoms with E-state index in [1.54, 1.807) is 7.11 Å². The van der Waals surface area contributed by atoms with Crippen molar-refractivity contribution in [2.75, 3.05) is 7.11 Å². The van der Waals surface area contributed by atoms with E-state index in [1.165, 1.54) is 6.42 Å². The first kappa shape index (κ1) is 11.7. The summed E-state index contributed by atoms with van der Waals surface area (Å²) in [5, 5.41) is 0.722. The molecule has 3 heteroatoms. The van der Waals surface area contributed by atoms with E-state index in [0.29, 0.717) is 5.92 Å². The molecular formula is C13H18ClNO. The highest BCUT2D eigenvalue weighted by atomic mass is 35.5. The predicted octanol–water partition coefficient (Wildman–Crippen LogP) is 3.32. The molecule has 0 spiro atoms. The Kier molecular flexibility index (Phi) is 3.13. The molecule has 1 aromatic carbocycles. The second-order valence-electron chi connectivity index (χ2n) is 4.85. The molecule has 2 nitrogen and oxygen atoms in total. The topological polar surface area (TPSA) is 35.2 Å². The molecule has 2 atom stereocenters. The Labute approximate surface area is 102 Å².